The van der Waals surface area contributed by atoms with Gasteiger partial charge in [-0.05, 0) is 48.1 Å². The zero-order valence-corrected chi connectivity index (χ0v) is 16.2. The van der Waals surface area contributed by atoms with Gasteiger partial charge < -0.3 is 10.2 Å². The lowest BCUT2D eigenvalue weighted by Gasteiger charge is -2.38. The first-order chi connectivity index (χ1) is 13.6. The summed E-state index contributed by atoms with van der Waals surface area (Å²) in [5.74, 6) is 0.220. The van der Waals surface area contributed by atoms with Gasteiger partial charge >= 0.3 is 0 Å². The molecule has 4 nitrogen and oxygen atoms in total. The van der Waals surface area contributed by atoms with E-state index in [2.05, 4.69) is 12.2 Å². The molecular weight excluding hydrogens is 355 g/mol. The molecular formula is C23H27FN2O2. The third-order valence-electron chi connectivity index (χ3n) is 5.57. The number of piperidine rings is 1. The second-order valence-corrected chi connectivity index (χ2v) is 7.44. The maximum Gasteiger partial charge on any atom is 0.253 e. The molecule has 2 unspecified atom stereocenters. The summed E-state index contributed by atoms with van der Waals surface area (Å²) in [5, 5.41) is 3.00. The topological polar surface area (TPSA) is 49.4 Å². The molecule has 3 rings (SSSR count). The number of likely N-dealkylation sites (tertiary alicyclic amines) is 1. The van der Waals surface area contributed by atoms with Crippen LogP contribution in [0.4, 0.5) is 4.39 Å². The Morgan fingerprint density at radius 2 is 1.79 bits per heavy atom. The Hall–Kier alpha value is -2.69. The summed E-state index contributed by atoms with van der Waals surface area (Å²) >= 11 is 0. The molecule has 0 saturated carbocycles. The highest BCUT2D eigenvalue weighted by Crippen LogP contribution is 2.29. The lowest BCUT2D eigenvalue weighted by atomic mass is 9.81. The Morgan fingerprint density at radius 3 is 2.46 bits per heavy atom. The fraction of sp³-hybridized carbons (Fsp3) is 0.391. The molecule has 1 N–H and O–H groups in total. The number of nitrogens with zero attached hydrogens (tertiary/aromatic N) is 1. The summed E-state index contributed by atoms with van der Waals surface area (Å²) < 4.78 is 13.1. The third kappa shape index (κ3) is 5.18. The number of nitrogens with one attached hydrogen (secondary N) is 1. The molecule has 1 saturated heterocycles. The molecule has 2 aromatic rings. The molecule has 1 heterocycles. The van der Waals surface area contributed by atoms with Crippen molar-refractivity contribution in [2.75, 3.05) is 13.1 Å². The second-order valence-electron chi connectivity index (χ2n) is 7.44. The average molecular weight is 382 g/mol. The van der Waals surface area contributed by atoms with E-state index < -0.39 is 0 Å². The van der Waals surface area contributed by atoms with Crippen molar-refractivity contribution in [3.63, 3.8) is 0 Å². The highest BCUT2D eigenvalue weighted by molar-refractivity contribution is 5.94. The lowest BCUT2D eigenvalue weighted by Crippen LogP contribution is -2.44. The maximum absolute atomic E-state index is 13.1. The van der Waals surface area contributed by atoms with Gasteiger partial charge in [-0.25, -0.2) is 4.39 Å². The number of carbonyl (C=O) groups excluding carboxylic acids is 2. The van der Waals surface area contributed by atoms with Gasteiger partial charge in [0.25, 0.3) is 5.91 Å². The SMILES string of the molecule is CCC1CN(C(=O)c2ccc(F)cc2)CCC1CC(=O)NCc1ccccc1. The van der Waals surface area contributed by atoms with Crippen LogP contribution in [0.1, 0.15) is 42.1 Å². The summed E-state index contributed by atoms with van der Waals surface area (Å²) in [6, 6.07) is 15.6. The number of hydrogen-bond acceptors (Lipinski definition) is 2. The van der Waals surface area contributed by atoms with Gasteiger partial charge in [-0.2, -0.15) is 0 Å². The first kappa shape index (κ1) is 20.1. The van der Waals surface area contributed by atoms with Crippen molar-refractivity contribution in [2.24, 2.45) is 11.8 Å². The van der Waals surface area contributed by atoms with Crippen molar-refractivity contribution >= 4 is 11.8 Å². The number of halogens is 1. The smallest absolute Gasteiger partial charge is 0.253 e. The van der Waals surface area contributed by atoms with Crippen LogP contribution in [0, 0.1) is 17.7 Å². The van der Waals surface area contributed by atoms with Crippen molar-refractivity contribution < 1.29 is 14.0 Å². The van der Waals surface area contributed by atoms with Crippen LogP contribution >= 0.6 is 0 Å². The van der Waals surface area contributed by atoms with Crippen molar-refractivity contribution in [1.29, 1.82) is 0 Å². The van der Waals surface area contributed by atoms with Crippen LogP contribution in [0.15, 0.2) is 54.6 Å². The third-order valence-corrected chi connectivity index (χ3v) is 5.57. The maximum atomic E-state index is 13.1. The quantitative estimate of drug-likeness (QED) is 0.820. The Bertz CT molecular complexity index is 792. The molecule has 1 fully saturated rings. The molecule has 1 aliphatic rings. The molecule has 0 aliphatic carbocycles. The van der Waals surface area contributed by atoms with E-state index in [0.717, 1.165) is 18.4 Å². The number of hydrogen-bond donors (Lipinski definition) is 1. The summed E-state index contributed by atoms with van der Waals surface area (Å²) in [7, 11) is 0. The fourth-order valence-electron chi connectivity index (χ4n) is 3.88. The average Bonchev–Trinajstić information content (AvgIpc) is 2.73. The highest BCUT2D eigenvalue weighted by Gasteiger charge is 2.32. The first-order valence-electron chi connectivity index (χ1n) is 9.92. The monoisotopic (exact) mass is 382 g/mol. The number of rotatable bonds is 6. The van der Waals surface area contributed by atoms with Crippen LogP contribution in [0.5, 0.6) is 0 Å². The Labute approximate surface area is 165 Å². The Balaban J connectivity index is 1.53. The number of carbonyl (C=O) groups is 2. The lowest BCUT2D eigenvalue weighted by molar-refractivity contribution is -0.123. The molecule has 0 spiro atoms. The normalized spacial score (nSPS) is 19.3. The first-order valence-corrected chi connectivity index (χ1v) is 9.92. The van der Waals surface area contributed by atoms with Crippen LogP contribution in [-0.4, -0.2) is 29.8 Å². The fourth-order valence-corrected chi connectivity index (χ4v) is 3.88. The molecule has 2 amide bonds. The predicted octanol–water partition coefficient (Wildman–Crippen LogP) is 4.02. The van der Waals surface area contributed by atoms with Gasteiger partial charge in [0.15, 0.2) is 0 Å². The minimum Gasteiger partial charge on any atom is -0.352 e. The van der Waals surface area contributed by atoms with E-state index in [1.807, 2.05) is 35.2 Å². The van der Waals surface area contributed by atoms with Crippen molar-refractivity contribution in [3.05, 3.63) is 71.5 Å². The van der Waals surface area contributed by atoms with Gasteiger partial charge in [-0.1, -0.05) is 43.7 Å². The molecule has 148 valence electrons. The predicted molar refractivity (Wildman–Crippen MR) is 107 cm³/mol. The standard InChI is InChI=1S/C23H27FN2O2/c1-2-18-16-26(23(28)19-8-10-21(24)11-9-19)13-12-20(18)14-22(27)25-15-17-6-4-3-5-7-17/h3-11,18,20H,2,12-16H2,1H3,(H,25,27). The Kier molecular flexibility index (Phi) is 6.80. The largest absolute Gasteiger partial charge is 0.352 e. The van der Waals surface area contributed by atoms with Crippen molar-refractivity contribution in [1.82, 2.24) is 10.2 Å². The van der Waals surface area contributed by atoms with Gasteiger partial charge in [-0.3, -0.25) is 9.59 Å². The van der Waals surface area contributed by atoms with Gasteiger partial charge in [0.2, 0.25) is 5.91 Å². The zero-order valence-electron chi connectivity index (χ0n) is 16.2. The summed E-state index contributed by atoms with van der Waals surface area (Å²) in [5.41, 5.74) is 1.60. The zero-order chi connectivity index (χ0) is 19.9. The molecule has 28 heavy (non-hydrogen) atoms. The van der Waals surface area contributed by atoms with Crippen LogP contribution < -0.4 is 5.32 Å². The summed E-state index contributed by atoms with van der Waals surface area (Å²) in [6.45, 7) is 3.91. The van der Waals surface area contributed by atoms with Crippen LogP contribution in [0.25, 0.3) is 0 Å². The minimum atomic E-state index is -0.344. The van der Waals surface area contributed by atoms with Crippen LogP contribution in [-0.2, 0) is 11.3 Å². The molecule has 0 aromatic heterocycles. The molecule has 2 atom stereocenters. The van der Waals surface area contributed by atoms with Gasteiger partial charge in [-0.15, -0.1) is 0 Å². The molecule has 1 aliphatic heterocycles. The molecule has 5 heteroatoms. The van der Waals surface area contributed by atoms with E-state index in [0.29, 0.717) is 37.5 Å². The van der Waals surface area contributed by atoms with E-state index in [-0.39, 0.29) is 23.5 Å². The number of amides is 2. The molecule has 2 aromatic carbocycles. The van der Waals surface area contributed by atoms with E-state index in [4.69, 9.17) is 0 Å². The van der Waals surface area contributed by atoms with E-state index >= 15 is 0 Å². The minimum absolute atomic E-state index is 0.0608. The van der Waals surface area contributed by atoms with Crippen molar-refractivity contribution in [3.8, 4) is 0 Å². The van der Waals surface area contributed by atoms with Gasteiger partial charge in [0.05, 0.1) is 0 Å². The van der Waals surface area contributed by atoms with Gasteiger partial charge in [0, 0.05) is 31.6 Å². The summed E-state index contributed by atoms with van der Waals surface area (Å²) in [6.07, 6.45) is 2.22. The molecule has 0 radical (unpaired) electrons. The highest BCUT2D eigenvalue weighted by atomic mass is 19.1. The van der Waals surface area contributed by atoms with E-state index in [1.54, 1.807) is 0 Å². The van der Waals surface area contributed by atoms with Crippen molar-refractivity contribution in [2.45, 2.75) is 32.7 Å². The second kappa shape index (κ2) is 9.49. The molecule has 0 bridgehead atoms. The van der Waals surface area contributed by atoms with E-state index in [1.165, 1.54) is 24.3 Å². The van der Waals surface area contributed by atoms with Crippen LogP contribution in [0.3, 0.4) is 0 Å². The van der Waals surface area contributed by atoms with Gasteiger partial charge in [0.1, 0.15) is 5.82 Å². The summed E-state index contributed by atoms with van der Waals surface area (Å²) in [4.78, 5) is 26.9. The van der Waals surface area contributed by atoms with E-state index in [9.17, 15) is 14.0 Å². The number of benzene rings is 2. The Morgan fingerprint density at radius 1 is 1.07 bits per heavy atom. The van der Waals surface area contributed by atoms with Crippen LogP contribution in [0.2, 0.25) is 0 Å².